The van der Waals surface area contributed by atoms with Crippen LogP contribution in [0.1, 0.15) is 39.4 Å². The summed E-state index contributed by atoms with van der Waals surface area (Å²) >= 11 is 1.72. The van der Waals surface area contributed by atoms with Gasteiger partial charge in [0, 0.05) is 16.8 Å². The summed E-state index contributed by atoms with van der Waals surface area (Å²) in [6.45, 7) is 7.12. The van der Waals surface area contributed by atoms with Crippen LogP contribution in [-0.4, -0.2) is 31.5 Å². The molecule has 120 valence electrons. The van der Waals surface area contributed by atoms with Gasteiger partial charge in [-0.1, -0.05) is 0 Å². The molecule has 0 unspecified atom stereocenters. The van der Waals surface area contributed by atoms with Gasteiger partial charge in [-0.25, -0.2) is 13.1 Å². The Morgan fingerprint density at radius 3 is 2.52 bits per heavy atom. The van der Waals surface area contributed by atoms with Gasteiger partial charge in [-0.2, -0.15) is 11.8 Å². The summed E-state index contributed by atoms with van der Waals surface area (Å²) in [6.07, 6.45) is 4.15. The van der Waals surface area contributed by atoms with Gasteiger partial charge in [0.15, 0.2) is 0 Å². The average Bonchev–Trinajstić information content (AvgIpc) is 3.01. The molecule has 1 heterocycles. The second kappa shape index (κ2) is 5.95. The Balaban J connectivity index is 1.96. The second-order valence-corrected chi connectivity index (χ2v) is 9.51. The molecule has 21 heavy (non-hydrogen) atoms. The van der Waals surface area contributed by atoms with E-state index in [0.29, 0.717) is 18.8 Å². The maximum absolute atomic E-state index is 12.2. The lowest BCUT2D eigenvalue weighted by Crippen LogP contribution is -2.34. The third kappa shape index (κ3) is 4.74. The number of hydrogen-bond acceptors (Lipinski definition) is 5. The molecule has 7 heteroatoms. The summed E-state index contributed by atoms with van der Waals surface area (Å²) in [7, 11) is -3.55. The molecule has 0 aromatic carbocycles. The molecule has 1 aliphatic rings. The Morgan fingerprint density at radius 1 is 1.33 bits per heavy atom. The maximum Gasteiger partial charge on any atom is 0.274 e. The molecule has 2 rings (SSSR count). The van der Waals surface area contributed by atoms with Crippen LogP contribution in [-0.2, 0) is 16.6 Å². The largest absolute Gasteiger partial charge is 0.447 e. The van der Waals surface area contributed by atoms with E-state index in [1.807, 2.05) is 27.0 Å². The molecule has 0 saturated heterocycles. The van der Waals surface area contributed by atoms with E-state index in [4.69, 9.17) is 4.42 Å². The molecule has 0 amide bonds. The molecule has 5 nitrogen and oxygen atoms in total. The minimum Gasteiger partial charge on any atom is -0.447 e. The average molecular weight is 332 g/mol. The van der Waals surface area contributed by atoms with E-state index >= 15 is 0 Å². The van der Waals surface area contributed by atoms with Crippen molar-refractivity contribution in [2.45, 2.75) is 55.5 Å². The van der Waals surface area contributed by atoms with Crippen LogP contribution in [0.2, 0.25) is 0 Å². The van der Waals surface area contributed by atoms with Gasteiger partial charge in [0.05, 0.1) is 6.54 Å². The van der Waals surface area contributed by atoms with Gasteiger partial charge >= 0.3 is 0 Å². The molecule has 1 saturated carbocycles. The van der Waals surface area contributed by atoms with Gasteiger partial charge < -0.3 is 9.73 Å². The fraction of sp³-hybridized carbons (Fsp3) is 0.714. The lowest BCUT2D eigenvalue weighted by molar-refractivity contribution is 0.359. The standard InChI is InChI=1S/C14H24N2O3S2/c1-13(2,3)15-9-11-5-6-12(19-11)21(17,18)16-10-14(20-4)7-8-14/h5-6,15-16H,7-10H2,1-4H3. The quantitative estimate of drug-likeness (QED) is 0.802. The van der Waals surface area contributed by atoms with Crippen molar-refractivity contribution < 1.29 is 12.8 Å². The van der Waals surface area contributed by atoms with Crippen LogP contribution in [0.25, 0.3) is 0 Å². The Hall–Kier alpha value is -0.500. The molecular formula is C14H24N2O3S2. The van der Waals surface area contributed by atoms with Crippen LogP contribution in [0, 0.1) is 0 Å². The Morgan fingerprint density at radius 2 is 2.00 bits per heavy atom. The number of furan rings is 1. The summed E-state index contributed by atoms with van der Waals surface area (Å²) in [5.41, 5.74) is -0.0409. The maximum atomic E-state index is 12.2. The smallest absolute Gasteiger partial charge is 0.274 e. The third-order valence-corrected chi connectivity index (χ3v) is 6.21. The van der Waals surface area contributed by atoms with E-state index < -0.39 is 10.0 Å². The van der Waals surface area contributed by atoms with Gasteiger partial charge in [-0.05, 0) is 52.0 Å². The molecule has 1 aliphatic carbocycles. The molecule has 0 radical (unpaired) electrons. The van der Waals surface area contributed by atoms with Crippen molar-refractivity contribution in [1.29, 1.82) is 0 Å². The third-order valence-electron chi connectivity index (χ3n) is 3.52. The first kappa shape index (κ1) is 16.9. The molecule has 0 bridgehead atoms. The van der Waals surface area contributed by atoms with Gasteiger partial charge in [0.1, 0.15) is 5.76 Å². The van der Waals surface area contributed by atoms with Crippen LogP contribution in [0.4, 0.5) is 0 Å². The van der Waals surface area contributed by atoms with Crippen molar-refractivity contribution in [3.8, 4) is 0 Å². The highest BCUT2D eigenvalue weighted by Gasteiger charge is 2.42. The minimum atomic E-state index is -3.55. The van der Waals surface area contributed by atoms with Crippen molar-refractivity contribution in [2.75, 3.05) is 12.8 Å². The zero-order valence-electron chi connectivity index (χ0n) is 13.0. The zero-order valence-corrected chi connectivity index (χ0v) is 14.7. The van der Waals surface area contributed by atoms with E-state index in [9.17, 15) is 8.42 Å². The highest BCUT2D eigenvalue weighted by atomic mass is 32.2. The summed E-state index contributed by atoms with van der Waals surface area (Å²) in [5.74, 6) is 0.622. The van der Waals surface area contributed by atoms with Crippen molar-refractivity contribution >= 4 is 21.8 Å². The number of sulfonamides is 1. The van der Waals surface area contributed by atoms with Crippen LogP contribution in [0.15, 0.2) is 21.6 Å². The molecule has 2 N–H and O–H groups in total. The van der Waals surface area contributed by atoms with Crippen LogP contribution >= 0.6 is 11.8 Å². The fourth-order valence-corrected chi connectivity index (χ4v) is 3.73. The Kier molecular flexibility index (Phi) is 4.78. The number of thioether (sulfide) groups is 1. The SMILES string of the molecule is CSC1(CNS(=O)(=O)c2ccc(CNC(C)(C)C)o2)CC1. The molecule has 0 aliphatic heterocycles. The van der Waals surface area contributed by atoms with Crippen molar-refractivity contribution in [1.82, 2.24) is 10.0 Å². The minimum absolute atomic E-state index is 0.00916. The first-order chi connectivity index (χ1) is 9.66. The fourth-order valence-electron chi connectivity index (χ4n) is 1.84. The number of rotatable bonds is 7. The number of nitrogens with one attached hydrogen (secondary N) is 2. The first-order valence-electron chi connectivity index (χ1n) is 7.04. The molecule has 1 aromatic heterocycles. The lowest BCUT2D eigenvalue weighted by Gasteiger charge is -2.19. The Labute approximate surface area is 131 Å². The topological polar surface area (TPSA) is 71.3 Å². The first-order valence-corrected chi connectivity index (χ1v) is 9.75. The normalized spacial score (nSPS) is 17.9. The van der Waals surface area contributed by atoms with Crippen LogP contribution in [0.5, 0.6) is 0 Å². The predicted molar refractivity (Wildman–Crippen MR) is 86.0 cm³/mol. The van der Waals surface area contributed by atoms with E-state index in [1.54, 1.807) is 17.8 Å². The summed E-state index contributed by atoms with van der Waals surface area (Å²) in [4.78, 5) is 0. The van der Waals surface area contributed by atoms with E-state index in [-0.39, 0.29) is 15.4 Å². The van der Waals surface area contributed by atoms with Gasteiger partial charge in [0.2, 0.25) is 5.09 Å². The summed E-state index contributed by atoms with van der Waals surface area (Å²) in [5, 5.41) is 3.26. The molecule has 1 fully saturated rings. The van der Waals surface area contributed by atoms with E-state index in [2.05, 4.69) is 10.0 Å². The zero-order chi connectivity index (χ0) is 15.7. The number of hydrogen-bond donors (Lipinski definition) is 2. The van der Waals surface area contributed by atoms with Crippen LogP contribution in [0.3, 0.4) is 0 Å². The van der Waals surface area contributed by atoms with Crippen LogP contribution < -0.4 is 10.0 Å². The van der Waals surface area contributed by atoms with E-state index in [0.717, 1.165) is 12.8 Å². The molecular weight excluding hydrogens is 308 g/mol. The lowest BCUT2D eigenvalue weighted by atomic mass is 10.1. The van der Waals surface area contributed by atoms with Gasteiger partial charge in [0.25, 0.3) is 10.0 Å². The second-order valence-electron chi connectivity index (χ2n) is 6.54. The van der Waals surface area contributed by atoms with Crippen molar-refractivity contribution in [3.05, 3.63) is 17.9 Å². The Bertz CT molecular complexity index is 584. The highest BCUT2D eigenvalue weighted by molar-refractivity contribution is 8.00. The van der Waals surface area contributed by atoms with Crippen molar-refractivity contribution in [3.63, 3.8) is 0 Å². The predicted octanol–water partition coefficient (Wildman–Crippen LogP) is 2.34. The molecule has 1 aromatic rings. The molecule has 0 atom stereocenters. The van der Waals surface area contributed by atoms with Gasteiger partial charge in [-0.3, -0.25) is 0 Å². The summed E-state index contributed by atoms with van der Waals surface area (Å²) in [6, 6.07) is 3.22. The van der Waals surface area contributed by atoms with E-state index in [1.165, 1.54) is 6.07 Å². The molecule has 0 spiro atoms. The summed E-state index contributed by atoms with van der Waals surface area (Å²) < 4.78 is 32.6. The van der Waals surface area contributed by atoms with Crippen molar-refractivity contribution in [2.24, 2.45) is 0 Å². The monoisotopic (exact) mass is 332 g/mol. The van der Waals surface area contributed by atoms with Gasteiger partial charge in [-0.15, -0.1) is 0 Å². The highest BCUT2D eigenvalue weighted by Crippen LogP contribution is 2.46.